The first-order valence-corrected chi connectivity index (χ1v) is 6.99. The number of carbonyl (C=O) groups is 1. The van der Waals surface area contributed by atoms with Gasteiger partial charge in [0.15, 0.2) is 0 Å². The van der Waals surface area contributed by atoms with Crippen molar-refractivity contribution in [2.24, 2.45) is 11.3 Å². The average molecular weight is 264 g/mol. The van der Waals surface area contributed by atoms with Gasteiger partial charge in [-0.15, -0.1) is 0 Å². The number of carbonyl (C=O) groups excluding carboxylic acids is 1. The van der Waals surface area contributed by atoms with Gasteiger partial charge in [-0.1, -0.05) is 13.8 Å². The van der Waals surface area contributed by atoms with Gasteiger partial charge in [-0.05, 0) is 37.9 Å². The molecule has 2 rings (SSSR count). The van der Waals surface area contributed by atoms with E-state index >= 15 is 0 Å². The third kappa shape index (κ3) is 3.18. The van der Waals surface area contributed by atoms with Crippen LogP contribution in [-0.4, -0.2) is 30.9 Å². The summed E-state index contributed by atoms with van der Waals surface area (Å²) in [6.07, 6.45) is 5.63. The van der Waals surface area contributed by atoms with Crippen LogP contribution < -0.4 is 5.32 Å². The Balaban J connectivity index is 2.00. The molecular weight excluding hydrogens is 240 g/mol. The Morgan fingerprint density at radius 1 is 1.58 bits per heavy atom. The highest BCUT2D eigenvalue weighted by Gasteiger charge is 2.38. The van der Waals surface area contributed by atoms with Crippen molar-refractivity contribution >= 4 is 5.91 Å². The number of hydrogen-bond donors (Lipinski definition) is 1. The topological polar surface area (TPSA) is 45.5 Å². The largest absolute Gasteiger partial charge is 0.472 e. The number of piperidine rings is 1. The minimum Gasteiger partial charge on any atom is -0.472 e. The summed E-state index contributed by atoms with van der Waals surface area (Å²) in [6, 6.07) is 1.90. The van der Waals surface area contributed by atoms with Gasteiger partial charge in [0.1, 0.15) is 0 Å². The maximum atomic E-state index is 12.7. The summed E-state index contributed by atoms with van der Waals surface area (Å²) in [7, 11) is 1.87. The Bertz CT molecular complexity index is 406. The van der Waals surface area contributed by atoms with Gasteiger partial charge in [0, 0.05) is 24.6 Å². The molecule has 4 heteroatoms. The van der Waals surface area contributed by atoms with Crippen molar-refractivity contribution in [3.05, 3.63) is 24.2 Å². The Morgan fingerprint density at radius 2 is 2.37 bits per heavy atom. The van der Waals surface area contributed by atoms with Gasteiger partial charge in [0.25, 0.3) is 0 Å². The van der Waals surface area contributed by atoms with Gasteiger partial charge in [-0.25, -0.2) is 0 Å². The fourth-order valence-corrected chi connectivity index (χ4v) is 2.86. The fourth-order valence-electron chi connectivity index (χ4n) is 2.86. The number of nitrogens with zero attached hydrogens (tertiary/aromatic N) is 1. The molecule has 1 aromatic rings. The van der Waals surface area contributed by atoms with E-state index in [2.05, 4.69) is 19.2 Å². The van der Waals surface area contributed by atoms with E-state index in [0.717, 1.165) is 31.5 Å². The zero-order chi connectivity index (χ0) is 13.9. The number of rotatable bonds is 4. The van der Waals surface area contributed by atoms with E-state index in [1.807, 2.05) is 13.1 Å². The molecular formula is C15H24N2O2. The first kappa shape index (κ1) is 14.1. The van der Waals surface area contributed by atoms with Gasteiger partial charge in [0.2, 0.25) is 5.91 Å². The molecule has 1 aliphatic heterocycles. The number of amides is 1. The molecule has 1 aliphatic rings. The van der Waals surface area contributed by atoms with Crippen LogP contribution in [0.25, 0.3) is 0 Å². The molecule has 0 radical (unpaired) electrons. The van der Waals surface area contributed by atoms with Crippen molar-refractivity contribution in [1.29, 1.82) is 0 Å². The molecule has 0 spiro atoms. The van der Waals surface area contributed by atoms with E-state index in [0.29, 0.717) is 12.5 Å². The molecule has 1 fully saturated rings. The maximum absolute atomic E-state index is 12.7. The number of nitrogens with one attached hydrogen (secondary N) is 1. The van der Waals surface area contributed by atoms with Gasteiger partial charge in [-0.2, -0.15) is 0 Å². The second kappa shape index (κ2) is 5.78. The highest BCUT2D eigenvalue weighted by atomic mass is 16.3. The summed E-state index contributed by atoms with van der Waals surface area (Å²) in [5, 5.41) is 3.39. The summed E-state index contributed by atoms with van der Waals surface area (Å²) >= 11 is 0. The molecule has 0 saturated carbocycles. The summed E-state index contributed by atoms with van der Waals surface area (Å²) in [6.45, 7) is 6.76. The van der Waals surface area contributed by atoms with E-state index in [-0.39, 0.29) is 11.3 Å². The summed E-state index contributed by atoms with van der Waals surface area (Å²) in [5.41, 5.74) is 0.722. The first-order chi connectivity index (χ1) is 9.01. The van der Waals surface area contributed by atoms with Gasteiger partial charge >= 0.3 is 0 Å². The van der Waals surface area contributed by atoms with Crippen LogP contribution in [0.1, 0.15) is 32.3 Å². The molecule has 0 bridgehead atoms. The molecule has 1 aromatic heterocycles. The molecule has 1 N–H and O–H groups in total. The van der Waals surface area contributed by atoms with Crippen LogP contribution >= 0.6 is 0 Å². The van der Waals surface area contributed by atoms with Crippen molar-refractivity contribution in [3.8, 4) is 0 Å². The molecule has 2 heterocycles. The van der Waals surface area contributed by atoms with Crippen molar-refractivity contribution in [3.63, 3.8) is 0 Å². The second-order valence-electron chi connectivity index (χ2n) is 6.06. The Hall–Kier alpha value is -1.29. The van der Waals surface area contributed by atoms with E-state index < -0.39 is 0 Å². The number of hydrogen-bond acceptors (Lipinski definition) is 3. The smallest absolute Gasteiger partial charge is 0.228 e. The lowest BCUT2D eigenvalue weighted by molar-refractivity contribution is -0.143. The molecule has 106 valence electrons. The monoisotopic (exact) mass is 264 g/mol. The van der Waals surface area contributed by atoms with Crippen LogP contribution in [0.15, 0.2) is 23.0 Å². The Kier molecular flexibility index (Phi) is 4.30. The quantitative estimate of drug-likeness (QED) is 0.907. The van der Waals surface area contributed by atoms with Gasteiger partial charge in [0.05, 0.1) is 12.5 Å². The van der Waals surface area contributed by atoms with Crippen molar-refractivity contribution in [2.45, 2.75) is 33.2 Å². The normalized spacial score (nSPS) is 20.3. The first-order valence-electron chi connectivity index (χ1n) is 6.99. The minimum absolute atomic E-state index is 0.211. The van der Waals surface area contributed by atoms with Crippen LogP contribution in [0, 0.1) is 11.3 Å². The van der Waals surface area contributed by atoms with Gasteiger partial charge < -0.3 is 14.6 Å². The lowest BCUT2D eigenvalue weighted by Crippen LogP contribution is -2.47. The maximum Gasteiger partial charge on any atom is 0.228 e. The molecule has 0 aromatic carbocycles. The van der Waals surface area contributed by atoms with Crippen molar-refractivity contribution in [1.82, 2.24) is 10.2 Å². The molecule has 1 amide bonds. The predicted octanol–water partition coefficient (Wildman–Crippen LogP) is 2.26. The van der Waals surface area contributed by atoms with Crippen LogP contribution in [0.5, 0.6) is 0 Å². The zero-order valence-electron chi connectivity index (χ0n) is 12.1. The molecule has 4 nitrogen and oxygen atoms in total. The van der Waals surface area contributed by atoms with Crippen LogP contribution in [-0.2, 0) is 11.3 Å². The fraction of sp³-hybridized carbons (Fsp3) is 0.667. The van der Waals surface area contributed by atoms with Crippen LogP contribution in [0.2, 0.25) is 0 Å². The Morgan fingerprint density at radius 3 is 2.95 bits per heavy atom. The van der Waals surface area contributed by atoms with Crippen LogP contribution in [0.3, 0.4) is 0 Å². The van der Waals surface area contributed by atoms with Crippen molar-refractivity contribution < 1.29 is 9.21 Å². The second-order valence-corrected chi connectivity index (χ2v) is 6.06. The SMILES string of the molecule is CN(Cc1ccoc1)C(=O)C(C)(C)C1CCCNC1. The van der Waals surface area contributed by atoms with E-state index in [1.54, 1.807) is 17.4 Å². The standard InChI is InChI=1S/C15H24N2O2/c1-15(2,13-5-4-7-16-9-13)14(18)17(3)10-12-6-8-19-11-12/h6,8,11,13,16H,4-5,7,9-10H2,1-3H3. The van der Waals surface area contributed by atoms with E-state index in [1.165, 1.54) is 0 Å². The summed E-state index contributed by atoms with van der Waals surface area (Å²) < 4.78 is 5.05. The minimum atomic E-state index is -0.314. The zero-order valence-corrected chi connectivity index (χ0v) is 12.1. The molecule has 19 heavy (non-hydrogen) atoms. The van der Waals surface area contributed by atoms with Crippen molar-refractivity contribution in [2.75, 3.05) is 20.1 Å². The predicted molar refractivity (Wildman–Crippen MR) is 74.6 cm³/mol. The average Bonchev–Trinajstić information content (AvgIpc) is 2.91. The van der Waals surface area contributed by atoms with E-state index in [9.17, 15) is 4.79 Å². The third-order valence-electron chi connectivity index (χ3n) is 4.22. The summed E-state index contributed by atoms with van der Waals surface area (Å²) in [5.74, 6) is 0.628. The molecule has 1 unspecified atom stereocenters. The third-order valence-corrected chi connectivity index (χ3v) is 4.22. The van der Waals surface area contributed by atoms with Crippen LogP contribution in [0.4, 0.5) is 0 Å². The number of furan rings is 1. The molecule has 1 atom stereocenters. The highest BCUT2D eigenvalue weighted by Crippen LogP contribution is 2.33. The lowest BCUT2D eigenvalue weighted by Gasteiger charge is -2.38. The van der Waals surface area contributed by atoms with Gasteiger partial charge in [-0.3, -0.25) is 4.79 Å². The molecule has 1 saturated heterocycles. The molecule has 0 aliphatic carbocycles. The van der Waals surface area contributed by atoms with E-state index in [4.69, 9.17) is 4.42 Å². The lowest BCUT2D eigenvalue weighted by atomic mass is 9.74. The highest BCUT2D eigenvalue weighted by molar-refractivity contribution is 5.82. The summed E-state index contributed by atoms with van der Waals surface area (Å²) in [4.78, 5) is 14.5. The Labute approximate surface area is 115 Å².